The van der Waals surface area contributed by atoms with Crippen LogP contribution in [-0.2, 0) is 4.79 Å². The third-order valence-electron chi connectivity index (χ3n) is 3.39. The average molecular weight is 274 g/mol. The fraction of sp³-hybridized carbons (Fsp3) is 0.500. The zero-order valence-corrected chi connectivity index (χ0v) is 12.6. The minimum absolute atomic E-state index is 0.0580. The smallest absolute Gasteiger partial charge is 0.304 e. The van der Waals surface area contributed by atoms with Crippen molar-refractivity contribution in [1.82, 2.24) is 4.90 Å². The van der Waals surface area contributed by atoms with Gasteiger partial charge in [-0.3, -0.25) is 9.69 Å². The molecule has 0 aliphatic heterocycles. The number of nitriles is 1. The summed E-state index contributed by atoms with van der Waals surface area (Å²) in [7, 11) is 0. The Morgan fingerprint density at radius 2 is 2.10 bits per heavy atom. The Kier molecular flexibility index (Phi) is 5.29. The maximum absolute atomic E-state index is 10.8. The highest BCUT2D eigenvalue weighted by Gasteiger charge is 2.27. The molecule has 0 radical (unpaired) electrons. The van der Waals surface area contributed by atoms with Gasteiger partial charge in [-0.15, -0.1) is 0 Å². The van der Waals surface area contributed by atoms with E-state index < -0.39 is 5.97 Å². The van der Waals surface area contributed by atoms with Gasteiger partial charge in [-0.05, 0) is 45.4 Å². The molecule has 1 N–H and O–H groups in total. The summed E-state index contributed by atoms with van der Waals surface area (Å²) in [6.07, 6.45) is 0.111. The van der Waals surface area contributed by atoms with Gasteiger partial charge in [-0.25, -0.2) is 0 Å². The number of aliphatic carboxylic acids is 1. The molecule has 0 amide bonds. The van der Waals surface area contributed by atoms with Crippen molar-refractivity contribution in [2.75, 3.05) is 6.54 Å². The molecule has 1 aromatic rings. The first kappa shape index (κ1) is 16.2. The van der Waals surface area contributed by atoms with Crippen LogP contribution in [0.4, 0.5) is 0 Å². The SMILES string of the molecule is CC(c1cccc(C#N)c1)N(CCC(=O)O)C(C)(C)C. The van der Waals surface area contributed by atoms with Gasteiger partial charge in [0.25, 0.3) is 0 Å². The normalized spacial score (nSPS) is 13.0. The van der Waals surface area contributed by atoms with Crippen LogP contribution in [0.2, 0.25) is 0 Å². The summed E-state index contributed by atoms with van der Waals surface area (Å²) in [5.41, 5.74) is 1.52. The van der Waals surface area contributed by atoms with Gasteiger partial charge in [-0.1, -0.05) is 12.1 Å². The maximum atomic E-state index is 10.8. The first-order valence-electron chi connectivity index (χ1n) is 6.74. The van der Waals surface area contributed by atoms with Gasteiger partial charge in [0.05, 0.1) is 18.1 Å². The van der Waals surface area contributed by atoms with Crippen LogP contribution in [0.5, 0.6) is 0 Å². The van der Waals surface area contributed by atoms with E-state index in [9.17, 15) is 4.79 Å². The van der Waals surface area contributed by atoms with E-state index in [0.29, 0.717) is 12.1 Å². The predicted molar refractivity (Wildman–Crippen MR) is 78.3 cm³/mol. The molecule has 0 aliphatic rings. The topological polar surface area (TPSA) is 64.3 Å². The minimum Gasteiger partial charge on any atom is -0.481 e. The lowest BCUT2D eigenvalue weighted by atomic mass is 9.97. The van der Waals surface area contributed by atoms with E-state index in [1.54, 1.807) is 6.07 Å². The second kappa shape index (κ2) is 6.53. The molecule has 0 bridgehead atoms. The molecular weight excluding hydrogens is 252 g/mol. The quantitative estimate of drug-likeness (QED) is 0.895. The Hall–Kier alpha value is -1.86. The third kappa shape index (κ3) is 4.36. The van der Waals surface area contributed by atoms with Crippen LogP contribution in [0.25, 0.3) is 0 Å². The van der Waals surface area contributed by atoms with Crippen molar-refractivity contribution in [1.29, 1.82) is 5.26 Å². The van der Waals surface area contributed by atoms with Crippen LogP contribution in [-0.4, -0.2) is 28.1 Å². The van der Waals surface area contributed by atoms with Gasteiger partial charge in [0.1, 0.15) is 0 Å². The fourth-order valence-corrected chi connectivity index (χ4v) is 2.37. The number of hydrogen-bond donors (Lipinski definition) is 1. The number of carboxylic acids is 1. The molecule has 1 rings (SSSR count). The highest BCUT2D eigenvalue weighted by molar-refractivity contribution is 5.66. The Balaban J connectivity index is 3.00. The lowest BCUT2D eigenvalue weighted by Crippen LogP contribution is -2.44. The van der Waals surface area contributed by atoms with Gasteiger partial charge in [0.15, 0.2) is 0 Å². The molecule has 1 unspecified atom stereocenters. The van der Waals surface area contributed by atoms with E-state index in [-0.39, 0.29) is 18.0 Å². The Bertz CT molecular complexity index is 512. The van der Waals surface area contributed by atoms with Gasteiger partial charge in [0, 0.05) is 18.1 Å². The molecule has 0 spiro atoms. The van der Waals surface area contributed by atoms with E-state index in [1.165, 1.54) is 0 Å². The molecule has 0 fully saturated rings. The van der Waals surface area contributed by atoms with Gasteiger partial charge >= 0.3 is 5.97 Å². The lowest BCUT2D eigenvalue weighted by Gasteiger charge is -2.40. The molecule has 1 aromatic carbocycles. The van der Waals surface area contributed by atoms with Crippen LogP contribution < -0.4 is 0 Å². The van der Waals surface area contributed by atoms with Crippen LogP contribution in [0, 0.1) is 11.3 Å². The first-order chi connectivity index (χ1) is 9.25. The van der Waals surface area contributed by atoms with Crippen molar-refractivity contribution in [2.24, 2.45) is 0 Å². The fourth-order valence-electron chi connectivity index (χ4n) is 2.37. The van der Waals surface area contributed by atoms with Gasteiger partial charge in [0.2, 0.25) is 0 Å². The van der Waals surface area contributed by atoms with Crippen LogP contribution in [0.1, 0.15) is 51.3 Å². The number of carboxylic acid groups (broad SMARTS) is 1. The molecule has 108 valence electrons. The minimum atomic E-state index is -0.794. The summed E-state index contributed by atoms with van der Waals surface area (Å²) >= 11 is 0. The molecule has 1 atom stereocenters. The largest absolute Gasteiger partial charge is 0.481 e. The zero-order chi connectivity index (χ0) is 15.3. The van der Waals surface area contributed by atoms with Gasteiger partial charge < -0.3 is 5.11 Å². The monoisotopic (exact) mass is 274 g/mol. The summed E-state index contributed by atoms with van der Waals surface area (Å²) in [5.74, 6) is -0.794. The Labute approximate surface area is 120 Å². The van der Waals surface area contributed by atoms with E-state index in [0.717, 1.165) is 5.56 Å². The molecular formula is C16H22N2O2. The third-order valence-corrected chi connectivity index (χ3v) is 3.39. The number of rotatable bonds is 5. The van der Waals surface area contributed by atoms with Crippen molar-refractivity contribution in [2.45, 2.75) is 45.7 Å². The highest BCUT2D eigenvalue weighted by atomic mass is 16.4. The summed E-state index contributed by atoms with van der Waals surface area (Å²) in [6, 6.07) is 9.67. The second-order valence-electron chi connectivity index (χ2n) is 5.92. The summed E-state index contributed by atoms with van der Waals surface area (Å²) in [6.45, 7) is 8.73. The van der Waals surface area contributed by atoms with E-state index >= 15 is 0 Å². The van der Waals surface area contributed by atoms with Crippen molar-refractivity contribution < 1.29 is 9.90 Å². The second-order valence-corrected chi connectivity index (χ2v) is 5.92. The molecule has 0 saturated carbocycles. The molecule has 0 saturated heterocycles. The summed E-state index contributed by atoms with van der Waals surface area (Å²) in [4.78, 5) is 13.0. The number of benzene rings is 1. The first-order valence-corrected chi connectivity index (χ1v) is 6.74. The number of carbonyl (C=O) groups is 1. The average Bonchev–Trinajstić information content (AvgIpc) is 2.36. The number of nitrogens with zero attached hydrogens (tertiary/aromatic N) is 2. The van der Waals surface area contributed by atoms with Crippen LogP contribution in [0.3, 0.4) is 0 Å². The van der Waals surface area contributed by atoms with E-state index in [2.05, 4.69) is 31.7 Å². The molecule has 0 heterocycles. The molecule has 0 aliphatic carbocycles. The Morgan fingerprint density at radius 3 is 2.60 bits per heavy atom. The lowest BCUT2D eigenvalue weighted by molar-refractivity contribution is -0.137. The van der Waals surface area contributed by atoms with Crippen molar-refractivity contribution in [3.05, 3.63) is 35.4 Å². The Morgan fingerprint density at radius 1 is 1.45 bits per heavy atom. The molecule has 4 nitrogen and oxygen atoms in total. The zero-order valence-electron chi connectivity index (χ0n) is 12.6. The number of hydrogen-bond acceptors (Lipinski definition) is 3. The van der Waals surface area contributed by atoms with Crippen molar-refractivity contribution >= 4 is 5.97 Å². The van der Waals surface area contributed by atoms with E-state index in [4.69, 9.17) is 10.4 Å². The van der Waals surface area contributed by atoms with Crippen LogP contribution >= 0.6 is 0 Å². The van der Waals surface area contributed by atoms with Crippen molar-refractivity contribution in [3.63, 3.8) is 0 Å². The van der Waals surface area contributed by atoms with Crippen LogP contribution in [0.15, 0.2) is 24.3 Å². The summed E-state index contributed by atoms with van der Waals surface area (Å²) < 4.78 is 0. The van der Waals surface area contributed by atoms with Crippen molar-refractivity contribution in [3.8, 4) is 6.07 Å². The predicted octanol–water partition coefficient (Wildman–Crippen LogP) is 3.19. The van der Waals surface area contributed by atoms with Gasteiger partial charge in [-0.2, -0.15) is 5.26 Å². The standard InChI is InChI=1S/C16H22N2O2/c1-12(14-7-5-6-13(10-14)11-17)18(16(2,3)4)9-8-15(19)20/h5-7,10,12H,8-9H2,1-4H3,(H,19,20). The highest BCUT2D eigenvalue weighted by Crippen LogP contribution is 2.28. The summed E-state index contributed by atoms with van der Waals surface area (Å²) in [5, 5.41) is 17.9. The maximum Gasteiger partial charge on any atom is 0.304 e. The molecule has 20 heavy (non-hydrogen) atoms. The molecule has 4 heteroatoms. The van der Waals surface area contributed by atoms with E-state index in [1.807, 2.05) is 25.1 Å². The molecule has 0 aromatic heterocycles.